The Labute approximate surface area is 153 Å². The van der Waals surface area contributed by atoms with Gasteiger partial charge in [-0.2, -0.15) is 5.10 Å². The molecule has 0 saturated carbocycles. The van der Waals surface area contributed by atoms with Crippen molar-refractivity contribution in [3.63, 3.8) is 0 Å². The van der Waals surface area contributed by atoms with Crippen LogP contribution >= 0.6 is 12.2 Å². The predicted octanol–water partition coefficient (Wildman–Crippen LogP) is 2.47. The zero-order valence-corrected chi connectivity index (χ0v) is 15.7. The molecule has 7 heteroatoms. The minimum absolute atomic E-state index is 0.189. The zero-order chi connectivity index (χ0) is 17.8. The third-order valence-corrected chi connectivity index (χ3v) is 4.97. The van der Waals surface area contributed by atoms with Crippen molar-refractivity contribution in [2.75, 3.05) is 33.2 Å². The molecule has 1 N–H and O–H groups in total. The van der Waals surface area contributed by atoms with Gasteiger partial charge in [0.1, 0.15) is 0 Å². The van der Waals surface area contributed by atoms with E-state index in [0.717, 1.165) is 44.0 Å². The molecule has 0 aliphatic carbocycles. The fourth-order valence-electron chi connectivity index (χ4n) is 3.19. The summed E-state index contributed by atoms with van der Waals surface area (Å²) in [6.45, 7) is 6.22. The minimum Gasteiger partial charge on any atom is -0.341 e. The zero-order valence-electron chi connectivity index (χ0n) is 14.9. The Morgan fingerprint density at radius 2 is 2.12 bits per heavy atom. The molecule has 1 aromatic carbocycles. The van der Waals surface area contributed by atoms with E-state index in [2.05, 4.69) is 41.2 Å². The number of carbonyl (C=O) groups is 1. The van der Waals surface area contributed by atoms with E-state index in [0.29, 0.717) is 17.7 Å². The highest BCUT2D eigenvalue weighted by molar-refractivity contribution is 7.71. The van der Waals surface area contributed by atoms with Crippen LogP contribution < -0.4 is 0 Å². The number of likely N-dealkylation sites (N-methyl/N-ethyl adjacent to an activating group) is 1. The van der Waals surface area contributed by atoms with E-state index >= 15 is 0 Å². The van der Waals surface area contributed by atoms with Crippen LogP contribution in [0.4, 0.5) is 0 Å². The van der Waals surface area contributed by atoms with Crippen LogP contribution in [0.25, 0.3) is 11.4 Å². The number of aromatic nitrogens is 3. The maximum Gasteiger partial charge on any atom is 0.224 e. The first-order valence-corrected chi connectivity index (χ1v) is 9.14. The number of H-pyrrole nitrogens is 1. The van der Waals surface area contributed by atoms with Gasteiger partial charge in [-0.05, 0) is 45.2 Å². The molecule has 134 valence electrons. The van der Waals surface area contributed by atoms with Gasteiger partial charge >= 0.3 is 0 Å². The van der Waals surface area contributed by atoms with E-state index in [1.54, 1.807) is 0 Å². The Hall–Kier alpha value is -1.99. The third kappa shape index (κ3) is 4.35. The average Bonchev–Trinajstić information content (AvgIpc) is 2.81. The van der Waals surface area contributed by atoms with E-state index in [1.165, 1.54) is 5.56 Å². The maximum atomic E-state index is 12.6. The van der Waals surface area contributed by atoms with Gasteiger partial charge < -0.3 is 9.80 Å². The Morgan fingerprint density at radius 1 is 1.28 bits per heavy atom. The predicted molar refractivity (Wildman–Crippen MR) is 101 cm³/mol. The average molecular weight is 359 g/mol. The van der Waals surface area contributed by atoms with Crippen molar-refractivity contribution in [2.45, 2.75) is 26.3 Å². The molecule has 6 nitrogen and oxygen atoms in total. The van der Waals surface area contributed by atoms with Crippen LogP contribution in [0.5, 0.6) is 0 Å². The molecule has 1 fully saturated rings. The molecule has 0 spiro atoms. The summed E-state index contributed by atoms with van der Waals surface area (Å²) in [4.78, 5) is 16.8. The fourth-order valence-corrected chi connectivity index (χ4v) is 3.41. The number of hydrogen-bond donors (Lipinski definition) is 1. The summed E-state index contributed by atoms with van der Waals surface area (Å²) < 4.78 is 2.48. The lowest BCUT2D eigenvalue weighted by molar-refractivity contribution is -0.131. The number of rotatable bonds is 4. The molecule has 0 atom stereocenters. The molecule has 1 amide bonds. The Kier molecular flexibility index (Phi) is 5.65. The minimum atomic E-state index is 0.189. The van der Waals surface area contributed by atoms with Gasteiger partial charge in [0.05, 0.1) is 0 Å². The molecule has 3 rings (SSSR count). The van der Waals surface area contributed by atoms with Crippen LogP contribution in [0.3, 0.4) is 0 Å². The lowest BCUT2D eigenvalue weighted by Crippen LogP contribution is -2.35. The van der Waals surface area contributed by atoms with Crippen molar-refractivity contribution >= 4 is 18.1 Å². The molecule has 2 aromatic rings. The first-order valence-electron chi connectivity index (χ1n) is 8.73. The summed E-state index contributed by atoms with van der Waals surface area (Å²) in [5.41, 5.74) is 2.18. The maximum absolute atomic E-state index is 12.6. The topological polar surface area (TPSA) is 57.2 Å². The number of aromatic amines is 1. The molecule has 1 aromatic heterocycles. The lowest BCUT2D eigenvalue weighted by Gasteiger charge is -2.20. The summed E-state index contributed by atoms with van der Waals surface area (Å²) in [5.74, 6) is 0.977. The second kappa shape index (κ2) is 7.93. The quantitative estimate of drug-likeness (QED) is 0.852. The van der Waals surface area contributed by atoms with Crippen LogP contribution in [0.15, 0.2) is 24.3 Å². The normalized spacial score (nSPS) is 16.0. The Balaban J connectivity index is 1.70. The highest BCUT2D eigenvalue weighted by Crippen LogP contribution is 2.19. The van der Waals surface area contributed by atoms with Crippen molar-refractivity contribution in [1.82, 2.24) is 24.6 Å². The first-order chi connectivity index (χ1) is 12.0. The Bertz CT molecular complexity index is 797. The van der Waals surface area contributed by atoms with Crippen molar-refractivity contribution in [2.24, 2.45) is 0 Å². The Morgan fingerprint density at radius 3 is 2.92 bits per heavy atom. The van der Waals surface area contributed by atoms with Crippen molar-refractivity contribution in [1.29, 1.82) is 0 Å². The number of amides is 1. The van der Waals surface area contributed by atoms with Crippen LogP contribution in [0, 0.1) is 11.7 Å². The van der Waals surface area contributed by atoms with E-state index in [1.807, 2.05) is 21.6 Å². The monoisotopic (exact) mass is 359 g/mol. The van der Waals surface area contributed by atoms with Gasteiger partial charge in [0.15, 0.2) is 10.6 Å². The van der Waals surface area contributed by atoms with Gasteiger partial charge in [0.25, 0.3) is 0 Å². The number of nitrogens with one attached hydrogen (secondary N) is 1. The molecule has 1 aliphatic rings. The van der Waals surface area contributed by atoms with Crippen LogP contribution in [-0.2, 0) is 11.3 Å². The SMILES string of the molecule is Cc1cccc(-c2n[nH]c(=S)n2CCC(=O)N2CCCN(C)CC2)c1. The second-order valence-corrected chi connectivity index (χ2v) is 7.05. The largest absolute Gasteiger partial charge is 0.341 e. The molecule has 0 unspecified atom stereocenters. The number of nitrogens with zero attached hydrogens (tertiary/aromatic N) is 4. The van der Waals surface area contributed by atoms with Crippen LogP contribution in [0.2, 0.25) is 0 Å². The van der Waals surface area contributed by atoms with Gasteiger partial charge in [0, 0.05) is 38.2 Å². The number of hydrogen-bond acceptors (Lipinski definition) is 4. The molecule has 2 heterocycles. The highest BCUT2D eigenvalue weighted by atomic mass is 32.1. The summed E-state index contributed by atoms with van der Waals surface area (Å²) in [5, 5.41) is 7.22. The van der Waals surface area contributed by atoms with Gasteiger partial charge in [-0.1, -0.05) is 23.8 Å². The molecule has 0 radical (unpaired) electrons. The van der Waals surface area contributed by atoms with Crippen LogP contribution in [-0.4, -0.2) is 63.7 Å². The number of aryl methyl sites for hydroxylation is 1. The van der Waals surface area contributed by atoms with Crippen molar-refractivity contribution < 1.29 is 4.79 Å². The first kappa shape index (κ1) is 17.8. The van der Waals surface area contributed by atoms with Crippen molar-refractivity contribution in [3.05, 3.63) is 34.6 Å². The number of carbonyl (C=O) groups excluding carboxylic acids is 1. The van der Waals surface area contributed by atoms with Gasteiger partial charge in [-0.3, -0.25) is 14.5 Å². The standard InChI is InChI=1S/C18H25N5OS/c1-14-5-3-6-15(13-14)17-19-20-18(25)23(17)10-7-16(24)22-9-4-8-21(2)11-12-22/h3,5-6,13H,4,7-12H2,1-2H3,(H,20,25). The summed E-state index contributed by atoms with van der Waals surface area (Å²) in [6.07, 6.45) is 1.47. The van der Waals surface area contributed by atoms with Gasteiger partial charge in [-0.25, -0.2) is 0 Å². The molecule has 1 aliphatic heterocycles. The van der Waals surface area contributed by atoms with E-state index in [4.69, 9.17) is 12.2 Å². The van der Waals surface area contributed by atoms with Gasteiger partial charge in [0.2, 0.25) is 5.91 Å². The van der Waals surface area contributed by atoms with E-state index in [9.17, 15) is 4.79 Å². The summed E-state index contributed by atoms with van der Waals surface area (Å²) in [6, 6.07) is 8.15. The summed E-state index contributed by atoms with van der Waals surface area (Å²) in [7, 11) is 2.10. The highest BCUT2D eigenvalue weighted by Gasteiger charge is 2.18. The molecule has 25 heavy (non-hydrogen) atoms. The van der Waals surface area contributed by atoms with Crippen LogP contribution in [0.1, 0.15) is 18.4 Å². The fraction of sp³-hybridized carbons (Fsp3) is 0.500. The smallest absolute Gasteiger partial charge is 0.224 e. The number of benzene rings is 1. The molecule has 0 bridgehead atoms. The van der Waals surface area contributed by atoms with Crippen molar-refractivity contribution in [3.8, 4) is 11.4 Å². The molecular formula is C18H25N5OS. The van der Waals surface area contributed by atoms with Gasteiger partial charge in [-0.15, -0.1) is 0 Å². The van der Waals surface area contributed by atoms with E-state index in [-0.39, 0.29) is 5.91 Å². The second-order valence-electron chi connectivity index (χ2n) is 6.66. The third-order valence-electron chi connectivity index (χ3n) is 4.66. The molecular weight excluding hydrogens is 334 g/mol. The van der Waals surface area contributed by atoms with E-state index < -0.39 is 0 Å². The summed E-state index contributed by atoms with van der Waals surface area (Å²) >= 11 is 5.36. The lowest BCUT2D eigenvalue weighted by atomic mass is 10.1. The molecule has 1 saturated heterocycles.